The monoisotopic (exact) mass is 1440 g/mol. The molecule has 0 radical (unpaired) electrons. The molecule has 0 aliphatic rings. The van der Waals surface area contributed by atoms with Crippen LogP contribution in [0.5, 0.6) is 0 Å². The topological polar surface area (TPSA) is 237 Å². The first-order chi connectivity index (χ1) is 48.7. The summed E-state index contributed by atoms with van der Waals surface area (Å²) in [5.41, 5.74) is 0. The first-order valence-electron chi connectivity index (χ1n) is 38.1. The summed E-state index contributed by atoms with van der Waals surface area (Å²) in [7, 11) is -9.99. The Hall–Kier alpha value is -5.06. The van der Waals surface area contributed by atoms with Gasteiger partial charge >= 0.3 is 39.5 Å². The van der Waals surface area contributed by atoms with Gasteiger partial charge in [-0.05, 0) is 148 Å². The third-order valence-corrected chi connectivity index (χ3v) is 17.2. The van der Waals surface area contributed by atoms with Crippen LogP contribution < -0.4 is 0 Å². The van der Waals surface area contributed by atoms with E-state index in [0.29, 0.717) is 32.1 Å². The van der Waals surface area contributed by atoms with Gasteiger partial charge in [-0.15, -0.1) is 0 Å². The summed E-state index contributed by atoms with van der Waals surface area (Å²) in [6, 6.07) is 0. The van der Waals surface area contributed by atoms with Gasteiger partial charge in [-0.3, -0.25) is 37.3 Å². The maximum Gasteiger partial charge on any atom is 0.472 e. The quantitative estimate of drug-likeness (QED) is 0.0169. The number of phosphoric acid groups is 2. The molecule has 5 atom stereocenters. The zero-order valence-electron chi connectivity index (χ0n) is 62.1. The van der Waals surface area contributed by atoms with Crippen LogP contribution >= 0.6 is 15.6 Å². The van der Waals surface area contributed by atoms with Crippen LogP contribution in [-0.2, 0) is 65.4 Å². The number of rotatable bonds is 70. The summed E-state index contributed by atoms with van der Waals surface area (Å²) in [4.78, 5) is 72.8. The van der Waals surface area contributed by atoms with Crippen LogP contribution in [0, 0.1) is 0 Å². The highest BCUT2D eigenvalue weighted by atomic mass is 31.2. The zero-order chi connectivity index (χ0) is 73.2. The van der Waals surface area contributed by atoms with Crippen LogP contribution in [0.15, 0.2) is 146 Å². The van der Waals surface area contributed by atoms with Crippen molar-refractivity contribution in [2.24, 2.45) is 0 Å². The second kappa shape index (κ2) is 72.3. The van der Waals surface area contributed by atoms with Crippen molar-refractivity contribution in [1.82, 2.24) is 0 Å². The predicted molar refractivity (Wildman–Crippen MR) is 408 cm³/mol. The van der Waals surface area contributed by atoms with E-state index in [0.717, 1.165) is 167 Å². The lowest BCUT2D eigenvalue weighted by Gasteiger charge is -2.21. The molecule has 0 fully saturated rings. The number of hydrogen-bond acceptors (Lipinski definition) is 15. The van der Waals surface area contributed by atoms with E-state index in [2.05, 4.69) is 155 Å². The molecule has 3 N–H and O–H groups in total. The number of hydrogen-bond donors (Lipinski definition) is 3. The first kappa shape index (κ1) is 94.9. The average molecular weight is 1440 g/mol. The Bertz CT molecular complexity index is 2470. The fourth-order valence-corrected chi connectivity index (χ4v) is 11.1. The van der Waals surface area contributed by atoms with E-state index >= 15 is 0 Å². The van der Waals surface area contributed by atoms with E-state index in [-0.39, 0.29) is 25.7 Å². The van der Waals surface area contributed by atoms with Crippen molar-refractivity contribution in [3.05, 3.63) is 146 Å². The molecule has 17 nitrogen and oxygen atoms in total. The zero-order valence-corrected chi connectivity index (χ0v) is 63.9. The first-order valence-corrected chi connectivity index (χ1v) is 41.1. The Morgan fingerprint density at radius 3 is 0.900 bits per heavy atom. The second-order valence-corrected chi connectivity index (χ2v) is 27.7. The van der Waals surface area contributed by atoms with Gasteiger partial charge in [0.25, 0.3) is 0 Å². The molecule has 0 aromatic rings. The molecule has 0 saturated carbocycles. The molecule has 5 unspecified atom stereocenters. The summed E-state index contributed by atoms with van der Waals surface area (Å²) in [6.45, 7) is 4.43. The lowest BCUT2D eigenvalue weighted by atomic mass is 10.1. The molecular formula is C81H134O17P2. The number of aliphatic hydroxyl groups is 1. The Morgan fingerprint density at radius 2 is 0.550 bits per heavy atom. The number of allylic oxidation sites excluding steroid dienone is 24. The molecule has 0 amide bonds. The van der Waals surface area contributed by atoms with Crippen molar-refractivity contribution in [2.75, 3.05) is 39.6 Å². The lowest BCUT2D eigenvalue weighted by molar-refractivity contribution is -0.161. The predicted octanol–water partition coefficient (Wildman–Crippen LogP) is 21.9. The molecule has 19 heteroatoms. The molecule has 0 aliphatic carbocycles. The SMILES string of the molecule is CC/C=C\C/C=C\C/C=C\C/C=C\C/C=C\C/C=C\CCC(=O)OCC(COP(=O)(O)OCC(O)COP(=O)(O)OCC(COC(=O)CCCCCCC/C=C\C/C=C\C/C=C\CC)OC(=O)CCCCCCC/C=C\C/C=C\CCCCC)OC(=O)CCCCCCC/C=C\CCCC. The van der Waals surface area contributed by atoms with Crippen LogP contribution in [0.2, 0.25) is 0 Å². The van der Waals surface area contributed by atoms with Crippen LogP contribution in [-0.4, -0.2) is 96.7 Å². The van der Waals surface area contributed by atoms with Gasteiger partial charge in [0.1, 0.15) is 19.3 Å². The minimum absolute atomic E-state index is 0.0305. The normalized spacial score (nSPS) is 14.8. The summed E-state index contributed by atoms with van der Waals surface area (Å²) >= 11 is 0. The van der Waals surface area contributed by atoms with E-state index < -0.39 is 97.5 Å². The maximum atomic E-state index is 13.1. The van der Waals surface area contributed by atoms with E-state index in [9.17, 15) is 43.2 Å². The van der Waals surface area contributed by atoms with E-state index in [4.69, 9.17) is 37.0 Å². The van der Waals surface area contributed by atoms with Gasteiger partial charge in [-0.25, -0.2) is 9.13 Å². The maximum absolute atomic E-state index is 13.1. The number of aliphatic hydroxyl groups excluding tert-OH is 1. The van der Waals surface area contributed by atoms with Crippen LogP contribution in [0.25, 0.3) is 0 Å². The van der Waals surface area contributed by atoms with Crippen molar-refractivity contribution < 1.29 is 80.2 Å². The molecule has 0 saturated heterocycles. The standard InChI is InChI=1S/C81H134O17P2/c1-5-9-13-17-21-25-29-32-35-36-37-38-41-43-47-50-54-58-62-66-79(84)91-71-76(97-80(85)67-63-59-55-51-45-28-24-20-16-12-8-4)73-95-99(87,88)93-69-75(82)70-94-100(89,90)96-74-77(98-81(86)68-64-60-56-52-48-44-40-34-31-27-23-19-15-11-7-3)72-92-78(83)65-61-57-53-49-46-42-39-33-30-26-22-18-14-10-6-2/h9-10,13-14,20-27,32-35,37-40,43,47,54,58,75-77,82H,5-8,11-12,15-19,28-31,36,41-42,44-46,48-53,55-57,59-74H2,1-4H3,(H,87,88)(H,89,90)/b13-9-,14-10-,24-20-,25-21-,26-22-,27-23-,35-32-,38-37-,39-33-,40-34-,47-43-,58-54-. The summed E-state index contributed by atoms with van der Waals surface area (Å²) < 4.78 is 68.3. The van der Waals surface area contributed by atoms with Crippen LogP contribution in [0.1, 0.15) is 285 Å². The molecule has 0 rings (SSSR count). The van der Waals surface area contributed by atoms with Crippen molar-refractivity contribution in [3.63, 3.8) is 0 Å². The molecule has 0 aromatic heterocycles. The van der Waals surface area contributed by atoms with E-state index in [1.54, 1.807) is 0 Å². The number of phosphoric ester groups is 2. The highest BCUT2D eigenvalue weighted by Gasteiger charge is 2.30. The van der Waals surface area contributed by atoms with E-state index in [1.807, 2.05) is 18.2 Å². The van der Waals surface area contributed by atoms with Gasteiger partial charge in [0.2, 0.25) is 0 Å². The number of unbranched alkanes of at least 4 members (excludes halogenated alkanes) is 20. The van der Waals surface area contributed by atoms with Crippen molar-refractivity contribution >= 4 is 39.5 Å². The molecule has 0 aromatic carbocycles. The fourth-order valence-electron chi connectivity index (χ4n) is 9.51. The van der Waals surface area contributed by atoms with Crippen molar-refractivity contribution in [3.8, 4) is 0 Å². The summed E-state index contributed by atoms with van der Waals surface area (Å²) in [5.74, 6) is -2.32. The van der Waals surface area contributed by atoms with Gasteiger partial charge in [0, 0.05) is 25.7 Å². The largest absolute Gasteiger partial charge is 0.472 e. The highest BCUT2D eigenvalue weighted by molar-refractivity contribution is 7.47. The van der Waals surface area contributed by atoms with Gasteiger partial charge < -0.3 is 33.8 Å². The second-order valence-electron chi connectivity index (χ2n) is 24.8. The number of esters is 4. The molecule has 570 valence electrons. The van der Waals surface area contributed by atoms with Crippen LogP contribution in [0.4, 0.5) is 0 Å². The molecule has 0 bridgehead atoms. The molecule has 0 aliphatic heterocycles. The van der Waals surface area contributed by atoms with Crippen molar-refractivity contribution in [1.29, 1.82) is 0 Å². The summed E-state index contributed by atoms with van der Waals surface area (Å²) in [6.07, 6.45) is 81.4. The fraction of sp³-hybridized carbons (Fsp3) is 0.654. The molecule has 0 heterocycles. The average Bonchev–Trinajstić information content (AvgIpc) is 0.953. The van der Waals surface area contributed by atoms with Crippen molar-refractivity contribution in [2.45, 2.75) is 303 Å². The minimum Gasteiger partial charge on any atom is -0.462 e. The number of carbonyl (C=O) groups is 4. The van der Waals surface area contributed by atoms with Gasteiger partial charge in [-0.1, -0.05) is 257 Å². The lowest BCUT2D eigenvalue weighted by Crippen LogP contribution is -2.30. The van der Waals surface area contributed by atoms with Gasteiger partial charge in [0.15, 0.2) is 12.2 Å². The molecule has 0 spiro atoms. The van der Waals surface area contributed by atoms with Gasteiger partial charge in [-0.2, -0.15) is 0 Å². The molecule has 100 heavy (non-hydrogen) atoms. The Balaban J connectivity index is 5.42. The third-order valence-electron chi connectivity index (χ3n) is 15.3. The third kappa shape index (κ3) is 71.3. The number of ether oxygens (including phenoxy) is 4. The highest BCUT2D eigenvalue weighted by Crippen LogP contribution is 2.45. The Kier molecular flexibility index (Phi) is 68.6. The van der Waals surface area contributed by atoms with Gasteiger partial charge in [0.05, 0.1) is 26.4 Å². The number of carbonyl (C=O) groups excluding carboxylic acids is 4. The Morgan fingerprint density at radius 1 is 0.290 bits per heavy atom. The smallest absolute Gasteiger partial charge is 0.462 e. The van der Waals surface area contributed by atoms with Crippen LogP contribution in [0.3, 0.4) is 0 Å². The van der Waals surface area contributed by atoms with E-state index in [1.165, 1.54) is 32.1 Å². The Labute approximate surface area is 605 Å². The summed E-state index contributed by atoms with van der Waals surface area (Å²) in [5, 5.41) is 10.6. The minimum atomic E-state index is -5.00. The molecular weight excluding hydrogens is 1310 g/mol.